The topological polar surface area (TPSA) is 47.8 Å². The number of aromatic nitrogens is 3. The molecule has 0 saturated heterocycles. The lowest BCUT2D eigenvalue weighted by molar-refractivity contribution is -0.00828. The largest absolute Gasteiger partial charge is 0.298 e. The predicted molar refractivity (Wildman–Crippen MR) is 86.6 cm³/mol. The summed E-state index contributed by atoms with van der Waals surface area (Å²) in [5.74, 6) is 2.71. The van der Waals surface area contributed by atoms with Gasteiger partial charge in [0.2, 0.25) is 0 Å². The van der Waals surface area contributed by atoms with Crippen molar-refractivity contribution in [3.05, 3.63) is 41.7 Å². The summed E-state index contributed by atoms with van der Waals surface area (Å²) in [7, 11) is 0. The van der Waals surface area contributed by atoms with Gasteiger partial charge in [0.05, 0.1) is 17.6 Å². The summed E-state index contributed by atoms with van der Waals surface area (Å²) < 4.78 is 2.02. The zero-order valence-corrected chi connectivity index (χ0v) is 13.2. The van der Waals surface area contributed by atoms with Crippen LogP contribution >= 0.6 is 0 Å². The number of hydrogen-bond donors (Lipinski definition) is 0. The van der Waals surface area contributed by atoms with E-state index in [4.69, 9.17) is 0 Å². The molecule has 1 heterocycles. The van der Waals surface area contributed by atoms with Gasteiger partial charge in [-0.15, -0.1) is 5.10 Å². The lowest BCUT2D eigenvalue weighted by Gasteiger charge is -2.56. The summed E-state index contributed by atoms with van der Waals surface area (Å²) in [6.07, 6.45) is 11.1. The Morgan fingerprint density at radius 3 is 2.17 bits per heavy atom. The van der Waals surface area contributed by atoms with E-state index in [1.54, 1.807) is 0 Å². The van der Waals surface area contributed by atoms with E-state index in [9.17, 15) is 4.79 Å². The number of hydrogen-bond acceptors (Lipinski definition) is 3. The Hall–Kier alpha value is -1.97. The molecule has 4 saturated carbocycles. The maximum Gasteiger partial charge on any atom is 0.150 e. The second-order valence-corrected chi connectivity index (χ2v) is 7.94. The fraction of sp³-hybridized carbons (Fsp3) is 0.526. The monoisotopic (exact) mass is 307 g/mol. The molecule has 0 aliphatic heterocycles. The third kappa shape index (κ3) is 2.00. The van der Waals surface area contributed by atoms with Crippen LogP contribution in [0.5, 0.6) is 0 Å². The first-order valence-electron chi connectivity index (χ1n) is 8.72. The average Bonchev–Trinajstić information content (AvgIpc) is 3.04. The summed E-state index contributed by atoms with van der Waals surface area (Å²) in [4.78, 5) is 10.9. The molecular weight excluding hydrogens is 286 g/mol. The highest BCUT2D eigenvalue weighted by Gasteiger charge is 2.53. The summed E-state index contributed by atoms with van der Waals surface area (Å²) >= 11 is 0. The third-order valence-electron chi connectivity index (χ3n) is 6.40. The van der Waals surface area contributed by atoms with Crippen molar-refractivity contribution in [2.45, 2.75) is 43.9 Å². The van der Waals surface area contributed by atoms with Gasteiger partial charge in [0.1, 0.15) is 6.29 Å². The minimum Gasteiger partial charge on any atom is -0.298 e. The number of aldehydes is 1. The Morgan fingerprint density at radius 1 is 1.00 bits per heavy atom. The van der Waals surface area contributed by atoms with E-state index in [1.807, 2.05) is 35.1 Å². The number of benzene rings is 1. The molecule has 0 radical (unpaired) electrons. The van der Waals surface area contributed by atoms with Gasteiger partial charge in [-0.1, -0.05) is 5.21 Å². The van der Waals surface area contributed by atoms with Crippen LogP contribution in [0.1, 0.15) is 54.6 Å². The fourth-order valence-electron chi connectivity index (χ4n) is 5.91. The summed E-state index contributed by atoms with van der Waals surface area (Å²) in [6, 6.07) is 7.66. The third-order valence-corrected chi connectivity index (χ3v) is 6.40. The van der Waals surface area contributed by atoms with Crippen molar-refractivity contribution < 1.29 is 4.79 Å². The summed E-state index contributed by atoms with van der Waals surface area (Å²) in [5, 5.41) is 8.62. The Bertz CT molecular complexity index is 711. The lowest BCUT2D eigenvalue weighted by atomic mass is 9.49. The normalized spacial score (nSPS) is 34.7. The molecule has 0 unspecified atom stereocenters. The number of carbonyl (C=O) groups is 1. The van der Waals surface area contributed by atoms with Crippen LogP contribution in [-0.4, -0.2) is 21.3 Å². The molecule has 0 amide bonds. The molecule has 4 nitrogen and oxygen atoms in total. The van der Waals surface area contributed by atoms with Crippen LogP contribution < -0.4 is 0 Å². The van der Waals surface area contributed by atoms with Gasteiger partial charge in [-0.2, -0.15) is 0 Å². The average molecular weight is 307 g/mol. The van der Waals surface area contributed by atoms with E-state index >= 15 is 0 Å². The Labute approximate surface area is 135 Å². The SMILES string of the molecule is O=Cc1ccc(-n2nncc2C23CC4CC(CC(C4)C2)C3)cc1. The standard InChI is InChI=1S/C19H21N3O/c23-12-13-1-3-17(4-2-13)22-18(11-20-21-22)19-8-14-5-15(9-19)7-16(6-14)10-19/h1-4,11-12,14-16H,5-10H2. The molecule has 4 aliphatic carbocycles. The van der Waals surface area contributed by atoms with Gasteiger partial charge in [0, 0.05) is 11.0 Å². The van der Waals surface area contributed by atoms with Crippen LogP contribution in [0.3, 0.4) is 0 Å². The minimum absolute atomic E-state index is 0.279. The van der Waals surface area contributed by atoms with Crippen molar-refractivity contribution >= 4 is 6.29 Å². The maximum atomic E-state index is 10.9. The van der Waals surface area contributed by atoms with Crippen LogP contribution in [0, 0.1) is 17.8 Å². The van der Waals surface area contributed by atoms with Crippen LogP contribution in [0.2, 0.25) is 0 Å². The molecule has 0 N–H and O–H groups in total. The van der Waals surface area contributed by atoms with Crippen molar-refractivity contribution in [2.24, 2.45) is 17.8 Å². The molecule has 0 spiro atoms. The van der Waals surface area contributed by atoms with Gasteiger partial charge >= 0.3 is 0 Å². The van der Waals surface area contributed by atoms with Crippen LogP contribution in [0.4, 0.5) is 0 Å². The van der Waals surface area contributed by atoms with Crippen molar-refractivity contribution in [2.75, 3.05) is 0 Å². The fourth-order valence-corrected chi connectivity index (χ4v) is 5.91. The molecule has 4 bridgehead atoms. The molecule has 2 aromatic rings. The van der Waals surface area contributed by atoms with E-state index in [-0.39, 0.29) is 5.41 Å². The van der Waals surface area contributed by atoms with E-state index < -0.39 is 0 Å². The zero-order valence-electron chi connectivity index (χ0n) is 13.2. The molecular formula is C19H21N3O. The van der Waals surface area contributed by atoms with Gasteiger partial charge in [0.15, 0.2) is 0 Å². The Kier molecular flexibility index (Phi) is 2.79. The first-order chi connectivity index (χ1) is 11.3. The van der Waals surface area contributed by atoms with E-state index in [1.165, 1.54) is 44.2 Å². The second-order valence-electron chi connectivity index (χ2n) is 7.94. The molecule has 0 atom stereocenters. The molecule has 1 aromatic carbocycles. The van der Waals surface area contributed by atoms with Gasteiger partial charge in [-0.05, 0) is 80.5 Å². The minimum atomic E-state index is 0.279. The smallest absolute Gasteiger partial charge is 0.150 e. The van der Waals surface area contributed by atoms with Gasteiger partial charge < -0.3 is 0 Å². The Morgan fingerprint density at radius 2 is 1.61 bits per heavy atom. The van der Waals surface area contributed by atoms with Crippen LogP contribution in [0.25, 0.3) is 5.69 Å². The summed E-state index contributed by atoms with van der Waals surface area (Å²) in [6.45, 7) is 0. The van der Waals surface area contributed by atoms with Gasteiger partial charge in [-0.25, -0.2) is 4.68 Å². The highest BCUT2D eigenvalue weighted by atomic mass is 16.1. The number of carbonyl (C=O) groups excluding carboxylic acids is 1. The molecule has 4 fully saturated rings. The molecule has 1 aromatic heterocycles. The van der Waals surface area contributed by atoms with Crippen molar-refractivity contribution in [1.29, 1.82) is 0 Å². The van der Waals surface area contributed by atoms with Gasteiger partial charge in [0.25, 0.3) is 0 Å². The highest BCUT2D eigenvalue weighted by molar-refractivity contribution is 5.75. The predicted octanol–water partition coefficient (Wildman–Crippen LogP) is 3.55. The van der Waals surface area contributed by atoms with Crippen LogP contribution in [-0.2, 0) is 5.41 Å². The molecule has 6 rings (SSSR count). The van der Waals surface area contributed by atoms with Crippen molar-refractivity contribution in [1.82, 2.24) is 15.0 Å². The van der Waals surface area contributed by atoms with Crippen molar-refractivity contribution in [3.63, 3.8) is 0 Å². The maximum absolute atomic E-state index is 10.9. The van der Waals surface area contributed by atoms with E-state index in [0.717, 1.165) is 29.7 Å². The van der Waals surface area contributed by atoms with Crippen molar-refractivity contribution in [3.8, 4) is 5.69 Å². The van der Waals surface area contributed by atoms with E-state index in [0.29, 0.717) is 5.56 Å². The Balaban J connectivity index is 1.57. The first kappa shape index (κ1) is 13.5. The molecule has 118 valence electrons. The molecule has 23 heavy (non-hydrogen) atoms. The van der Waals surface area contributed by atoms with E-state index in [2.05, 4.69) is 10.3 Å². The van der Waals surface area contributed by atoms with Crippen LogP contribution in [0.15, 0.2) is 30.5 Å². The number of rotatable bonds is 3. The second kappa shape index (κ2) is 4.76. The number of nitrogens with zero attached hydrogens (tertiary/aromatic N) is 3. The molecule has 4 aliphatic rings. The summed E-state index contributed by atoms with van der Waals surface area (Å²) in [5.41, 5.74) is 3.28. The zero-order chi connectivity index (χ0) is 15.4. The van der Waals surface area contributed by atoms with Gasteiger partial charge in [-0.3, -0.25) is 4.79 Å². The quantitative estimate of drug-likeness (QED) is 0.815. The lowest BCUT2D eigenvalue weighted by Crippen LogP contribution is -2.49. The molecule has 4 heteroatoms. The highest BCUT2D eigenvalue weighted by Crippen LogP contribution is 2.60. The first-order valence-corrected chi connectivity index (χ1v) is 8.72.